The number of hydrogen-bond acceptors (Lipinski definition) is 5. The van der Waals surface area contributed by atoms with E-state index in [9.17, 15) is 9.59 Å². The van der Waals surface area contributed by atoms with E-state index in [0.29, 0.717) is 19.7 Å². The summed E-state index contributed by atoms with van der Waals surface area (Å²) in [5, 5.41) is 0. The number of rotatable bonds is 29. The van der Waals surface area contributed by atoms with Crippen molar-refractivity contribution in [3.05, 3.63) is 0 Å². The van der Waals surface area contributed by atoms with E-state index in [1.54, 1.807) is 0 Å². The van der Waals surface area contributed by atoms with Crippen LogP contribution in [0.25, 0.3) is 0 Å². The lowest BCUT2D eigenvalue weighted by Crippen LogP contribution is -2.25. The van der Waals surface area contributed by atoms with Gasteiger partial charge >= 0.3 is 5.97 Å². The number of nitrogens with zero attached hydrogens (tertiary/aromatic N) is 1. The van der Waals surface area contributed by atoms with Gasteiger partial charge in [0.25, 0.3) is 6.47 Å². The molecule has 0 amide bonds. The Morgan fingerprint density at radius 3 is 1.67 bits per heavy atom. The molecule has 214 valence electrons. The highest BCUT2D eigenvalue weighted by atomic mass is 16.5. The van der Waals surface area contributed by atoms with Gasteiger partial charge in [-0.25, -0.2) is 0 Å². The molecule has 0 aromatic rings. The maximum atomic E-state index is 12.7. The molecule has 0 fully saturated rings. The Morgan fingerprint density at radius 2 is 1.11 bits per heavy atom. The Balaban J connectivity index is 3.93. The van der Waals surface area contributed by atoms with Gasteiger partial charge in [-0.05, 0) is 58.2 Å². The van der Waals surface area contributed by atoms with E-state index in [1.165, 1.54) is 83.5 Å². The van der Waals surface area contributed by atoms with E-state index in [4.69, 9.17) is 9.47 Å². The Kier molecular flexibility index (Phi) is 27.6. The molecule has 0 saturated carbocycles. The average molecular weight is 512 g/mol. The van der Waals surface area contributed by atoms with Crippen molar-refractivity contribution < 1.29 is 19.1 Å². The lowest BCUT2D eigenvalue weighted by molar-refractivity contribution is -0.149. The molecule has 1 atom stereocenters. The number of carbonyl (C=O) groups is 2. The predicted octanol–water partition coefficient (Wildman–Crippen LogP) is 8.48. The molecule has 1 unspecified atom stereocenters. The second-order valence-corrected chi connectivity index (χ2v) is 10.5. The van der Waals surface area contributed by atoms with Crippen molar-refractivity contribution in [3.63, 3.8) is 0 Å². The Morgan fingerprint density at radius 1 is 0.639 bits per heavy atom. The number of hydrogen-bond donors (Lipinski definition) is 0. The van der Waals surface area contributed by atoms with Crippen LogP contribution in [0.5, 0.6) is 0 Å². The molecule has 0 aliphatic carbocycles. The fraction of sp³-hybridized carbons (Fsp3) is 0.935. The third-order valence-corrected chi connectivity index (χ3v) is 7.26. The standard InChI is InChI=1S/C31H61NO4/c1-4-7-9-11-12-18-24-30(23-17-10-8-5-2)31(34)36-28-22-16-14-20-26-32(6-3)25-19-13-15-21-27-35-29-33/h29-30H,4-28H2,1-3H3. The summed E-state index contributed by atoms with van der Waals surface area (Å²) in [6.07, 6.45) is 23.6. The summed E-state index contributed by atoms with van der Waals surface area (Å²) < 4.78 is 10.5. The molecule has 36 heavy (non-hydrogen) atoms. The van der Waals surface area contributed by atoms with Crippen molar-refractivity contribution in [2.45, 2.75) is 149 Å². The molecule has 5 heteroatoms. The minimum atomic E-state index is 0.0648. The summed E-state index contributed by atoms with van der Waals surface area (Å²) in [5.41, 5.74) is 0. The molecule has 0 saturated heterocycles. The van der Waals surface area contributed by atoms with E-state index in [1.807, 2.05) is 0 Å². The maximum absolute atomic E-state index is 12.7. The van der Waals surface area contributed by atoms with E-state index < -0.39 is 0 Å². The topological polar surface area (TPSA) is 55.8 Å². The molecular weight excluding hydrogens is 450 g/mol. The van der Waals surface area contributed by atoms with E-state index >= 15 is 0 Å². The van der Waals surface area contributed by atoms with Crippen LogP contribution in [-0.4, -0.2) is 50.2 Å². The van der Waals surface area contributed by atoms with Crippen LogP contribution in [0.3, 0.4) is 0 Å². The second kappa shape index (κ2) is 28.5. The molecule has 0 rings (SSSR count). The first-order chi connectivity index (χ1) is 17.7. The van der Waals surface area contributed by atoms with Gasteiger partial charge in [-0.1, -0.05) is 111 Å². The lowest BCUT2D eigenvalue weighted by atomic mass is 9.94. The normalized spacial score (nSPS) is 12.1. The minimum Gasteiger partial charge on any atom is -0.468 e. The van der Waals surface area contributed by atoms with Crippen molar-refractivity contribution in [1.82, 2.24) is 4.90 Å². The van der Waals surface area contributed by atoms with Crippen LogP contribution >= 0.6 is 0 Å². The highest BCUT2D eigenvalue weighted by Crippen LogP contribution is 2.20. The smallest absolute Gasteiger partial charge is 0.308 e. The summed E-state index contributed by atoms with van der Waals surface area (Å²) in [6.45, 7) is 11.8. The number of unbranched alkanes of at least 4 members (excludes halogenated alkanes) is 14. The Labute approximate surface area is 224 Å². The van der Waals surface area contributed by atoms with Crippen LogP contribution in [0.4, 0.5) is 0 Å². The third kappa shape index (κ3) is 23.3. The zero-order valence-corrected chi connectivity index (χ0v) is 24.4. The average Bonchev–Trinajstić information content (AvgIpc) is 2.89. The monoisotopic (exact) mass is 511 g/mol. The summed E-state index contributed by atoms with van der Waals surface area (Å²) in [7, 11) is 0. The highest BCUT2D eigenvalue weighted by Gasteiger charge is 2.19. The molecule has 0 N–H and O–H groups in total. The van der Waals surface area contributed by atoms with E-state index in [-0.39, 0.29) is 11.9 Å². The van der Waals surface area contributed by atoms with Gasteiger partial charge in [-0.15, -0.1) is 0 Å². The van der Waals surface area contributed by atoms with Gasteiger partial charge in [0, 0.05) is 0 Å². The summed E-state index contributed by atoms with van der Waals surface area (Å²) in [6, 6.07) is 0. The van der Waals surface area contributed by atoms with Gasteiger partial charge in [0.2, 0.25) is 0 Å². The summed E-state index contributed by atoms with van der Waals surface area (Å²) in [5.74, 6) is 0.179. The minimum absolute atomic E-state index is 0.0648. The highest BCUT2D eigenvalue weighted by molar-refractivity contribution is 5.72. The van der Waals surface area contributed by atoms with Crippen LogP contribution < -0.4 is 0 Å². The van der Waals surface area contributed by atoms with Crippen LogP contribution in [0.2, 0.25) is 0 Å². The van der Waals surface area contributed by atoms with Crippen LogP contribution in [0, 0.1) is 5.92 Å². The van der Waals surface area contributed by atoms with E-state index in [2.05, 4.69) is 25.7 Å². The fourth-order valence-corrected chi connectivity index (χ4v) is 4.80. The Hall–Kier alpha value is -1.10. The van der Waals surface area contributed by atoms with Crippen LogP contribution in [0.1, 0.15) is 149 Å². The SMILES string of the molecule is CCCCCCCCC(CCCCCC)C(=O)OCCCCCCN(CC)CCCCCCOC=O. The molecule has 0 aliphatic rings. The first-order valence-corrected chi connectivity index (χ1v) is 15.6. The van der Waals surface area contributed by atoms with Gasteiger partial charge in [0.05, 0.1) is 19.1 Å². The first-order valence-electron chi connectivity index (χ1n) is 15.6. The molecule has 0 heterocycles. The molecule has 0 aromatic carbocycles. The van der Waals surface area contributed by atoms with Crippen molar-refractivity contribution in [2.24, 2.45) is 5.92 Å². The Bertz CT molecular complexity index is 471. The van der Waals surface area contributed by atoms with E-state index in [0.717, 1.165) is 64.6 Å². The molecule has 0 aliphatic heterocycles. The number of esters is 1. The van der Waals surface area contributed by atoms with Crippen molar-refractivity contribution in [3.8, 4) is 0 Å². The molecule has 0 spiro atoms. The third-order valence-electron chi connectivity index (χ3n) is 7.26. The van der Waals surface area contributed by atoms with Gasteiger partial charge in [-0.3, -0.25) is 9.59 Å². The predicted molar refractivity (Wildman–Crippen MR) is 152 cm³/mol. The van der Waals surface area contributed by atoms with Crippen molar-refractivity contribution in [2.75, 3.05) is 32.8 Å². The molecular formula is C31H61NO4. The largest absolute Gasteiger partial charge is 0.468 e. The fourth-order valence-electron chi connectivity index (χ4n) is 4.80. The second-order valence-electron chi connectivity index (χ2n) is 10.5. The summed E-state index contributed by atoms with van der Waals surface area (Å²) >= 11 is 0. The molecule has 5 nitrogen and oxygen atoms in total. The van der Waals surface area contributed by atoms with Crippen molar-refractivity contribution >= 4 is 12.4 Å². The van der Waals surface area contributed by atoms with Gasteiger partial charge in [0.1, 0.15) is 0 Å². The quantitative estimate of drug-likeness (QED) is 0.0572. The number of carbonyl (C=O) groups excluding carboxylic acids is 2. The van der Waals surface area contributed by atoms with Gasteiger partial charge in [0.15, 0.2) is 0 Å². The van der Waals surface area contributed by atoms with Crippen LogP contribution in [0.15, 0.2) is 0 Å². The van der Waals surface area contributed by atoms with Crippen molar-refractivity contribution in [1.29, 1.82) is 0 Å². The molecule has 0 radical (unpaired) electrons. The van der Waals surface area contributed by atoms with Gasteiger partial charge < -0.3 is 14.4 Å². The van der Waals surface area contributed by atoms with Gasteiger partial charge in [-0.2, -0.15) is 0 Å². The van der Waals surface area contributed by atoms with Crippen LogP contribution in [-0.2, 0) is 19.1 Å². The number of ether oxygens (including phenoxy) is 2. The molecule has 0 bridgehead atoms. The molecule has 0 aromatic heterocycles. The summed E-state index contributed by atoms with van der Waals surface area (Å²) in [4.78, 5) is 25.4. The zero-order chi connectivity index (χ0) is 26.5. The zero-order valence-electron chi connectivity index (χ0n) is 24.4. The lowest BCUT2D eigenvalue weighted by Gasteiger charge is -2.20. The maximum Gasteiger partial charge on any atom is 0.308 e. The first kappa shape index (κ1) is 34.9.